The lowest BCUT2D eigenvalue weighted by atomic mass is 10.1. The second-order valence-corrected chi connectivity index (χ2v) is 7.30. The number of hydrogen-bond donors (Lipinski definition) is 2. The van der Waals surface area contributed by atoms with E-state index in [1.807, 2.05) is 24.3 Å². The Morgan fingerprint density at radius 3 is 2.07 bits per heavy atom. The minimum Gasteiger partial charge on any atom is -0.453 e. The first kappa shape index (κ1) is 20.8. The van der Waals surface area contributed by atoms with Crippen LogP contribution in [0.3, 0.4) is 0 Å². The average Bonchev–Trinajstić information content (AvgIpc) is 2.69. The summed E-state index contributed by atoms with van der Waals surface area (Å²) >= 11 is 0. The Bertz CT molecular complexity index is 826. The molecule has 1 aliphatic rings. The van der Waals surface area contributed by atoms with Gasteiger partial charge in [0, 0.05) is 36.6 Å². The molecule has 1 heterocycles. The monoisotopic (exact) mass is 397 g/mol. The van der Waals surface area contributed by atoms with Gasteiger partial charge in [-0.05, 0) is 55.8 Å². The van der Waals surface area contributed by atoms with Gasteiger partial charge in [-0.25, -0.2) is 4.79 Å². The van der Waals surface area contributed by atoms with Gasteiger partial charge in [-0.1, -0.05) is 12.1 Å². The highest BCUT2D eigenvalue weighted by Gasteiger charge is 2.22. The molecule has 29 heavy (non-hydrogen) atoms. The van der Waals surface area contributed by atoms with Crippen molar-refractivity contribution in [2.45, 2.75) is 32.6 Å². The van der Waals surface area contributed by atoms with Crippen LogP contribution in [0.5, 0.6) is 0 Å². The smallest absolute Gasteiger partial charge is 0.411 e. The van der Waals surface area contributed by atoms with Crippen molar-refractivity contribution in [3.05, 3.63) is 59.7 Å². The fourth-order valence-electron chi connectivity index (χ4n) is 3.44. The number of carbonyl (C=O) groups is 2. The Labute approximate surface area is 171 Å². The Balaban J connectivity index is 1.55. The normalized spacial score (nSPS) is 19.4. The van der Waals surface area contributed by atoms with Crippen LogP contribution in [-0.4, -0.2) is 49.3 Å². The number of anilines is 2. The van der Waals surface area contributed by atoms with Crippen molar-refractivity contribution in [3.8, 4) is 0 Å². The van der Waals surface area contributed by atoms with Crippen molar-refractivity contribution < 1.29 is 19.1 Å². The van der Waals surface area contributed by atoms with Gasteiger partial charge >= 0.3 is 6.09 Å². The Morgan fingerprint density at radius 1 is 0.966 bits per heavy atom. The Morgan fingerprint density at radius 2 is 1.52 bits per heavy atom. The van der Waals surface area contributed by atoms with Gasteiger partial charge in [0.2, 0.25) is 0 Å². The summed E-state index contributed by atoms with van der Waals surface area (Å²) < 4.78 is 10.3. The minimum absolute atomic E-state index is 0.182. The van der Waals surface area contributed by atoms with Gasteiger partial charge in [0.05, 0.1) is 19.3 Å². The van der Waals surface area contributed by atoms with Crippen LogP contribution in [0.25, 0.3) is 0 Å². The van der Waals surface area contributed by atoms with Crippen molar-refractivity contribution in [3.63, 3.8) is 0 Å². The van der Waals surface area contributed by atoms with E-state index in [1.54, 1.807) is 24.3 Å². The minimum atomic E-state index is -0.539. The maximum absolute atomic E-state index is 12.5. The second kappa shape index (κ2) is 9.54. The van der Waals surface area contributed by atoms with Crippen LogP contribution in [-0.2, 0) is 16.0 Å². The predicted molar refractivity (Wildman–Crippen MR) is 112 cm³/mol. The molecule has 154 valence electrons. The van der Waals surface area contributed by atoms with Crippen LogP contribution in [0.4, 0.5) is 16.2 Å². The number of methoxy groups -OCH3 is 1. The molecule has 0 radical (unpaired) electrons. The van der Waals surface area contributed by atoms with Crippen molar-refractivity contribution >= 4 is 23.4 Å². The SMILES string of the molecule is COC(=O)Nc1ccc(NC(=O)c2ccc(CN3CC(C)OC(C)C3)cc2)cc1. The zero-order chi connectivity index (χ0) is 20.8. The van der Waals surface area contributed by atoms with E-state index in [9.17, 15) is 9.59 Å². The standard InChI is InChI=1S/C22H27N3O4/c1-15-12-25(13-16(2)29-15)14-17-4-6-18(7-5-17)21(26)23-19-8-10-20(11-9-19)24-22(27)28-3/h4-11,15-16H,12-14H2,1-3H3,(H,23,26)(H,24,27). The van der Waals surface area contributed by atoms with Gasteiger partial charge in [0.25, 0.3) is 5.91 Å². The molecule has 0 aromatic heterocycles. The van der Waals surface area contributed by atoms with Crippen molar-refractivity contribution in [2.75, 3.05) is 30.8 Å². The molecule has 2 N–H and O–H groups in total. The highest BCUT2D eigenvalue weighted by molar-refractivity contribution is 6.04. The van der Waals surface area contributed by atoms with E-state index in [2.05, 4.69) is 34.1 Å². The fourth-order valence-corrected chi connectivity index (χ4v) is 3.44. The predicted octanol–water partition coefficient (Wildman–Crippen LogP) is 3.73. The lowest BCUT2D eigenvalue weighted by molar-refractivity contribution is -0.0704. The van der Waals surface area contributed by atoms with Crippen LogP contribution in [0, 0.1) is 0 Å². The Hall–Kier alpha value is -2.90. The molecule has 2 amide bonds. The molecule has 1 saturated heterocycles. The molecule has 1 fully saturated rings. The van der Waals surface area contributed by atoms with Gasteiger partial charge in [0.15, 0.2) is 0 Å². The molecule has 2 atom stereocenters. The first-order valence-electron chi connectivity index (χ1n) is 9.66. The molecule has 2 aromatic rings. The summed E-state index contributed by atoms with van der Waals surface area (Å²) in [5, 5.41) is 5.42. The summed E-state index contributed by atoms with van der Waals surface area (Å²) in [6.45, 7) is 6.84. The second-order valence-electron chi connectivity index (χ2n) is 7.30. The first-order chi connectivity index (χ1) is 13.9. The van der Waals surface area contributed by atoms with Crippen molar-refractivity contribution in [1.29, 1.82) is 0 Å². The lowest BCUT2D eigenvalue weighted by Gasteiger charge is -2.35. The number of nitrogens with zero attached hydrogens (tertiary/aromatic N) is 1. The maximum Gasteiger partial charge on any atom is 0.411 e. The number of morpholine rings is 1. The van der Waals surface area contributed by atoms with Gasteiger partial charge in [-0.3, -0.25) is 15.0 Å². The summed E-state index contributed by atoms with van der Waals surface area (Å²) in [6, 6.07) is 14.5. The Kier molecular flexibility index (Phi) is 6.85. The third kappa shape index (κ3) is 6.04. The summed E-state index contributed by atoms with van der Waals surface area (Å²) in [5.74, 6) is -0.182. The largest absolute Gasteiger partial charge is 0.453 e. The molecule has 7 heteroatoms. The van der Waals surface area contributed by atoms with E-state index in [4.69, 9.17) is 4.74 Å². The summed E-state index contributed by atoms with van der Waals surface area (Å²) in [7, 11) is 1.30. The lowest BCUT2D eigenvalue weighted by Crippen LogP contribution is -2.44. The topological polar surface area (TPSA) is 79.9 Å². The summed E-state index contributed by atoms with van der Waals surface area (Å²) in [6.07, 6.45) is -0.0705. The van der Waals surface area contributed by atoms with Gasteiger partial charge in [0.1, 0.15) is 0 Å². The van der Waals surface area contributed by atoms with E-state index in [0.717, 1.165) is 19.6 Å². The van der Waals surface area contributed by atoms with Crippen molar-refractivity contribution in [1.82, 2.24) is 4.90 Å². The molecule has 2 unspecified atom stereocenters. The number of amides is 2. The number of rotatable bonds is 5. The highest BCUT2D eigenvalue weighted by atomic mass is 16.5. The molecule has 0 spiro atoms. The van der Waals surface area contributed by atoms with Crippen LogP contribution in [0.1, 0.15) is 29.8 Å². The van der Waals surface area contributed by atoms with Crippen LogP contribution in [0.2, 0.25) is 0 Å². The average molecular weight is 397 g/mol. The number of carbonyl (C=O) groups excluding carboxylic acids is 2. The fraction of sp³-hybridized carbons (Fsp3) is 0.364. The summed E-state index contributed by atoms with van der Waals surface area (Å²) in [4.78, 5) is 26.1. The molecule has 0 saturated carbocycles. The number of ether oxygens (including phenoxy) is 2. The molecular weight excluding hydrogens is 370 g/mol. The van der Waals surface area contributed by atoms with E-state index < -0.39 is 6.09 Å². The van der Waals surface area contributed by atoms with Crippen LogP contribution in [0.15, 0.2) is 48.5 Å². The maximum atomic E-state index is 12.5. The van der Waals surface area contributed by atoms with E-state index in [0.29, 0.717) is 16.9 Å². The third-order valence-corrected chi connectivity index (χ3v) is 4.69. The highest BCUT2D eigenvalue weighted by Crippen LogP contribution is 2.17. The molecule has 3 rings (SSSR count). The zero-order valence-corrected chi connectivity index (χ0v) is 17.0. The molecule has 1 aliphatic heterocycles. The van der Waals surface area contributed by atoms with Gasteiger partial charge in [-0.2, -0.15) is 0 Å². The summed E-state index contributed by atoms with van der Waals surface area (Å²) in [5.41, 5.74) is 2.99. The molecule has 7 nitrogen and oxygen atoms in total. The van der Waals surface area contributed by atoms with Gasteiger partial charge < -0.3 is 14.8 Å². The molecule has 0 bridgehead atoms. The molecular formula is C22H27N3O4. The van der Waals surface area contributed by atoms with E-state index in [-0.39, 0.29) is 18.1 Å². The quantitative estimate of drug-likeness (QED) is 0.804. The van der Waals surface area contributed by atoms with Gasteiger partial charge in [-0.15, -0.1) is 0 Å². The molecule has 2 aromatic carbocycles. The number of nitrogens with one attached hydrogen (secondary N) is 2. The van der Waals surface area contributed by atoms with Crippen LogP contribution < -0.4 is 10.6 Å². The first-order valence-corrected chi connectivity index (χ1v) is 9.66. The molecule has 0 aliphatic carbocycles. The van der Waals surface area contributed by atoms with Crippen LogP contribution >= 0.6 is 0 Å². The van der Waals surface area contributed by atoms with E-state index >= 15 is 0 Å². The zero-order valence-electron chi connectivity index (χ0n) is 17.0. The number of hydrogen-bond acceptors (Lipinski definition) is 5. The van der Waals surface area contributed by atoms with E-state index in [1.165, 1.54) is 12.7 Å². The third-order valence-electron chi connectivity index (χ3n) is 4.69. The number of benzene rings is 2. The van der Waals surface area contributed by atoms with Crippen molar-refractivity contribution in [2.24, 2.45) is 0 Å².